The topological polar surface area (TPSA) is 3.24 Å². The molecule has 0 fully saturated rings. The fourth-order valence-electron chi connectivity index (χ4n) is 2.04. The lowest BCUT2D eigenvalue weighted by Gasteiger charge is -2.21. The second-order valence-electron chi connectivity index (χ2n) is 4.62. The third-order valence-electron chi connectivity index (χ3n) is 2.86. The van der Waals surface area contributed by atoms with Crippen LogP contribution >= 0.6 is 0 Å². The summed E-state index contributed by atoms with van der Waals surface area (Å²) in [5, 5.41) is 0. The molecular weight excluding hydrogens is 194 g/mol. The van der Waals surface area contributed by atoms with Gasteiger partial charge in [0, 0.05) is 6.54 Å². The van der Waals surface area contributed by atoms with Crippen LogP contribution in [0.3, 0.4) is 0 Å². The predicted octanol–water partition coefficient (Wildman–Crippen LogP) is 4.01. The van der Waals surface area contributed by atoms with Crippen LogP contribution in [0.1, 0.15) is 44.2 Å². The maximum atomic E-state index is 2.57. The Morgan fingerprint density at radius 1 is 1.06 bits per heavy atom. The van der Waals surface area contributed by atoms with Gasteiger partial charge in [-0.2, -0.15) is 0 Å². The zero-order valence-corrected chi connectivity index (χ0v) is 11.0. The van der Waals surface area contributed by atoms with Gasteiger partial charge in [0.2, 0.25) is 0 Å². The Hall–Kier alpha value is -0.820. The van der Waals surface area contributed by atoms with Gasteiger partial charge < -0.3 is 0 Å². The molecule has 0 saturated carbocycles. The highest BCUT2D eigenvalue weighted by Crippen LogP contribution is 2.09. The van der Waals surface area contributed by atoms with E-state index in [1.54, 1.807) is 0 Å². The molecule has 1 rings (SSSR count). The van der Waals surface area contributed by atoms with E-state index in [2.05, 4.69) is 49.9 Å². The van der Waals surface area contributed by atoms with Crippen LogP contribution in [0.4, 0.5) is 0 Å². The van der Waals surface area contributed by atoms with Crippen molar-refractivity contribution in [3.8, 4) is 0 Å². The van der Waals surface area contributed by atoms with E-state index in [-0.39, 0.29) is 0 Å². The lowest BCUT2D eigenvalue weighted by Crippen LogP contribution is -2.25. The predicted molar refractivity (Wildman–Crippen MR) is 71.7 cm³/mol. The molecule has 0 aliphatic rings. The normalized spacial score (nSPS) is 11.0. The molecule has 0 aromatic heterocycles. The van der Waals surface area contributed by atoms with Gasteiger partial charge in [-0.25, -0.2) is 0 Å². The van der Waals surface area contributed by atoms with E-state index in [0.717, 1.165) is 6.54 Å². The van der Waals surface area contributed by atoms with Crippen LogP contribution in [0, 0.1) is 6.92 Å². The highest BCUT2D eigenvalue weighted by atomic mass is 15.1. The molecule has 1 aromatic rings. The molecule has 16 heavy (non-hydrogen) atoms. The van der Waals surface area contributed by atoms with E-state index < -0.39 is 0 Å². The summed E-state index contributed by atoms with van der Waals surface area (Å²) in [4.78, 5) is 2.57. The number of aryl methyl sites for hydroxylation is 1. The summed E-state index contributed by atoms with van der Waals surface area (Å²) in [6.07, 6.45) is 3.84. The molecule has 90 valence electrons. The van der Waals surface area contributed by atoms with Gasteiger partial charge in [0.05, 0.1) is 0 Å². The highest BCUT2D eigenvalue weighted by Gasteiger charge is 2.04. The van der Waals surface area contributed by atoms with Gasteiger partial charge in [-0.3, -0.25) is 4.90 Å². The molecule has 1 aromatic carbocycles. The Bertz CT molecular complexity index is 293. The zero-order chi connectivity index (χ0) is 11.8. The average molecular weight is 219 g/mol. The Balaban J connectivity index is 2.52. The van der Waals surface area contributed by atoms with Crippen LogP contribution in [0.2, 0.25) is 0 Å². The lowest BCUT2D eigenvalue weighted by molar-refractivity contribution is 0.261. The van der Waals surface area contributed by atoms with Gasteiger partial charge in [-0.15, -0.1) is 0 Å². The number of hydrogen-bond donors (Lipinski definition) is 0. The van der Waals surface area contributed by atoms with Gasteiger partial charge in [-0.1, -0.05) is 50.1 Å². The van der Waals surface area contributed by atoms with Crippen LogP contribution < -0.4 is 0 Å². The zero-order valence-electron chi connectivity index (χ0n) is 11.0. The minimum absolute atomic E-state index is 1.11. The first kappa shape index (κ1) is 13.2. The van der Waals surface area contributed by atoms with Crippen molar-refractivity contribution in [3.63, 3.8) is 0 Å². The second kappa shape index (κ2) is 7.45. The van der Waals surface area contributed by atoms with Gasteiger partial charge in [0.25, 0.3) is 0 Å². The summed E-state index contributed by atoms with van der Waals surface area (Å²) in [6.45, 7) is 10.2. The first-order valence-corrected chi connectivity index (χ1v) is 6.54. The van der Waals surface area contributed by atoms with Crippen molar-refractivity contribution >= 4 is 0 Å². The molecule has 1 heteroatoms. The summed E-state index contributed by atoms with van der Waals surface area (Å²) >= 11 is 0. The molecule has 0 N–H and O–H groups in total. The second-order valence-corrected chi connectivity index (χ2v) is 4.62. The first-order chi connectivity index (χ1) is 7.76. The SMILES string of the molecule is CCCCN(CCC)Cc1cccc(C)c1. The molecule has 1 nitrogen and oxygen atoms in total. The molecular formula is C15H25N. The van der Waals surface area contributed by atoms with Gasteiger partial charge in [-0.05, 0) is 38.4 Å². The molecule has 0 aliphatic carbocycles. The summed E-state index contributed by atoms with van der Waals surface area (Å²) in [5.74, 6) is 0. The van der Waals surface area contributed by atoms with E-state index in [4.69, 9.17) is 0 Å². The molecule has 0 atom stereocenters. The van der Waals surface area contributed by atoms with Crippen molar-refractivity contribution in [1.82, 2.24) is 4.90 Å². The standard InChI is InChI=1S/C15H25N/c1-4-6-11-16(10-5-2)13-15-9-7-8-14(3)12-15/h7-9,12H,4-6,10-11,13H2,1-3H3. The van der Waals surface area contributed by atoms with E-state index in [0.29, 0.717) is 0 Å². The third-order valence-corrected chi connectivity index (χ3v) is 2.86. The minimum Gasteiger partial charge on any atom is -0.299 e. The Morgan fingerprint density at radius 3 is 2.50 bits per heavy atom. The van der Waals surface area contributed by atoms with Gasteiger partial charge >= 0.3 is 0 Å². The van der Waals surface area contributed by atoms with Crippen molar-refractivity contribution in [2.24, 2.45) is 0 Å². The fourth-order valence-corrected chi connectivity index (χ4v) is 2.04. The fraction of sp³-hybridized carbons (Fsp3) is 0.600. The quantitative estimate of drug-likeness (QED) is 0.670. The molecule has 0 amide bonds. The van der Waals surface area contributed by atoms with Crippen LogP contribution in [0.25, 0.3) is 0 Å². The largest absolute Gasteiger partial charge is 0.299 e. The average Bonchev–Trinajstić information content (AvgIpc) is 2.26. The first-order valence-electron chi connectivity index (χ1n) is 6.54. The van der Waals surface area contributed by atoms with Crippen LogP contribution in [-0.4, -0.2) is 18.0 Å². The monoisotopic (exact) mass is 219 g/mol. The molecule has 0 aliphatic heterocycles. The molecule has 0 bridgehead atoms. The summed E-state index contributed by atoms with van der Waals surface area (Å²) < 4.78 is 0. The number of hydrogen-bond acceptors (Lipinski definition) is 1. The maximum Gasteiger partial charge on any atom is 0.0233 e. The Labute approximate surface area is 100 Å². The van der Waals surface area contributed by atoms with Crippen LogP contribution in [0.15, 0.2) is 24.3 Å². The van der Waals surface area contributed by atoms with E-state index in [1.165, 1.54) is 43.5 Å². The number of rotatable bonds is 7. The van der Waals surface area contributed by atoms with Crippen molar-refractivity contribution in [1.29, 1.82) is 0 Å². The van der Waals surface area contributed by atoms with Crippen LogP contribution in [0.5, 0.6) is 0 Å². The van der Waals surface area contributed by atoms with Crippen molar-refractivity contribution in [3.05, 3.63) is 35.4 Å². The molecule has 0 saturated heterocycles. The molecule has 0 radical (unpaired) electrons. The highest BCUT2D eigenvalue weighted by molar-refractivity contribution is 5.22. The number of unbranched alkanes of at least 4 members (excludes halogenated alkanes) is 1. The number of nitrogens with zero attached hydrogens (tertiary/aromatic N) is 1. The smallest absolute Gasteiger partial charge is 0.0233 e. The van der Waals surface area contributed by atoms with Crippen molar-refractivity contribution in [2.75, 3.05) is 13.1 Å². The van der Waals surface area contributed by atoms with Crippen molar-refractivity contribution < 1.29 is 0 Å². The van der Waals surface area contributed by atoms with Crippen molar-refractivity contribution in [2.45, 2.75) is 46.6 Å². The summed E-state index contributed by atoms with van der Waals surface area (Å²) in [6, 6.07) is 8.87. The minimum atomic E-state index is 1.11. The number of benzene rings is 1. The summed E-state index contributed by atoms with van der Waals surface area (Å²) in [5.41, 5.74) is 2.81. The van der Waals surface area contributed by atoms with E-state index in [1.807, 2.05) is 0 Å². The Kier molecular flexibility index (Phi) is 6.17. The van der Waals surface area contributed by atoms with E-state index >= 15 is 0 Å². The maximum absolute atomic E-state index is 2.57. The molecule has 0 spiro atoms. The van der Waals surface area contributed by atoms with Crippen LogP contribution in [-0.2, 0) is 6.54 Å². The Morgan fingerprint density at radius 2 is 1.88 bits per heavy atom. The molecule has 0 unspecified atom stereocenters. The summed E-state index contributed by atoms with van der Waals surface area (Å²) in [7, 11) is 0. The third kappa shape index (κ3) is 4.80. The van der Waals surface area contributed by atoms with E-state index in [9.17, 15) is 0 Å². The van der Waals surface area contributed by atoms with Gasteiger partial charge in [0.1, 0.15) is 0 Å². The van der Waals surface area contributed by atoms with Gasteiger partial charge in [0.15, 0.2) is 0 Å². The molecule has 0 heterocycles. The lowest BCUT2D eigenvalue weighted by atomic mass is 10.1.